The minimum atomic E-state index is -1.34. The lowest BCUT2D eigenvalue weighted by molar-refractivity contribution is -0.129. The second-order valence-corrected chi connectivity index (χ2v) is 6.47. The third-order valence-corrected chi connectivity index (χ3v) is 4.51. The summed E-state index contributed by atoms with van der Waals surface area (Å²) in [5, 5.41) is 13.9. The number of urea groups is 1. The zero-order chi connectivity index (χ0) is 22.2. The third-order valence-electron chi connectivity index (χ3n) is 4.51. The number of nitrogens with zero attached hydrogens (tertiary/aromatic N) is 1. The lowest BCUT2D eigenvalue weighted by Gasteiger charge is -2.18. The van der Waals surface area contributed by atoms with Gasteiger partial charge in [0.15, 0.2) is 0 Å². The van der Waals surface area contributed by atoms with Crippen LogP contribution in [0.15, 0.2) is 78.9 Å². The number of hydrogen-bond donors (Lipinski definition) is 2. The summed E-state index contributed by atoms with van der Waals surface area (Å²) in [4.78, 5) is 37.3. The van der Waals surface area contributed by atoms with Crippen molar-refractivity contribution >= 4 is 17.9 Å². The molecule has 0 bridgehead atoms. The quantitative estimate of drug-likeness (QED) is 0.622. The summed E-state index contributed by atoms with van der Waals surface area (Å²) in [7, 11) is 1.37. The number of nitriles is 1. The van der Waals surface area contributed by atoms with Gasteiger partial charge in [0.05, 0.1) is 17.2 Å². The van der Waals surface area contributed by atoms with Crippen LogP contribution in [0, 0.1) is 11.3 Å². The summed E-state index contributed by atoms with van der Waals surface area (Å²) >= 11 is 0. The Balaban J connectivity index is 1.97. The predicted molar refractivity (Wildman–Crippen MR) is 114 cm³/mol. The zero-order valence-corrected chi connectivity index (χ0v) is 16.7. The topological polar surface area (TPSA) is 108 Å². The van der Waals surface area contributed by atoms with Crippen LogP contribution in [-0.4, -0.2) is 25.0 Å². The molecule has 0 spiro atoms. The van der Waals surface area contributed by atoms with E-state index in [4.69, 9.17) is 4.74 Å². The Hall–Kier alpha value is -4.44. The molecule has 0 heterocycles. The molecular weight excluding hydrogens is 394 g/mol. The van der Waals surface area contributed by atoms with Crippen LogP contribution < -0.4 is 10.6 Å². The van der Waals surface area contributed by atoms with Gasteiger partial charge in [0.1, 0.15) is 0 Å². The highest BCUT2D eigenvalue weighted by atomic mass is 16.5. The van der Waals surface area contributed by atoms with Crippen molar-refractivity contribution in [2.24, 2.45) is 0 Å². The highest BCUT2D eigenvalue weighted by molar-refractivity contribution is 6.01. The van der Waals surface area contributed by atoms with Gasteiger partial charge < -0.3 is 10.1 Å². The highest BCUT2D eigenvalue weighted by Gasteiger charge is 2.28. The van der Waals surface area contributed by atoms with Crippen molar-refractivity contribution in [1.29, 1.82) is 5.26 Å². The van der Waals surface area contributed by atoms with Gasteiger partial charge in [-0.25, -0.2) is 9.59 Å². The standard InChI is InChI=1S/C24H19N3O4/c1-26-24(30)27-22(28)21(16-9-3-2-4-10-16)31-23(29)20-14-8-7-13-19(20)18-12-6-5-11-17(18)15-25/h2-14,21H,1H3,(H2,26,27,28,30)/t21-/m1/s1. The molecule has 0 saturated carbocycles. The summed E-state index contributed by atoms with van der Waals surface area (Å²) in [6, 6.07) is 23.3. The number of imide groups is 1. The zero-order valence-electron chi connectivity index (χ0n) is 16.7. The van der Waals surface area contributed by atoms with Gasteiger partial charge in [-0.2, -0.15) is 5.26 Å². The van der Waals surface area contributed by atoms with Gasteiger partial charge in [-0.3, -0.25) is 10.1 Å². The average Bonchev–Trinajstić information content (AvgIpc) is 2.82. The Kier molecular flexibility index (Phi) is 6.76. The molecule has 3 amide bonds. The van der Waals surface area contributed by atoms with Gasteiger partial charge in [0.2, 0.25) is 6.10 Å². The SMILES string of the molecule is CNC(=O)NC(=O)[C@H](OC(=O)c1ccccc1-c1ccccc1C#N)c1ccccc1. The van der Waals surface area contributed by atoms with E-state index in [0.717, 1.165) is 0 Å². The monoisotopic (exact) mass is 413 g/mol. The van der Waals surface area contributed by atoms with Crippen molar-refractivity contribution in [3.63, 3.8) is 0 Å². The van der Waals surface area contributed by atoms with Crippen LogP contribution in [0.5, 0.6) is 0 Å². The number of benzene rings is 3. The van der Waals surface area contributed by atoms with Crippen LogP contribution in [0.4, 0.5) is 4.79 Å². The minimum absolute atomic E-state index is 0.193. The van der Waals surface area contributed by atoms with E-state index >= 15 is 0 Å². The first-order chi connectivity index (χ1) is 15.0. The lowest BCUT2D eigenvalue weighted by Crippen LogP contribution is -2.41. The second kappa shape index (κ2) is 9.85. The summed E-state index contributed by atoms with van der Waals surface area (Å²) in [6.45, 7) is 0. The minimum Gasteiger partial charge on any atom is -0.444 e. The second-order valence-electron chi connectivity index (χ2n) is 6.47. The molecule has 0 aliphatic rings. The highest BCUT2D eigenvalue weighted by Crippen LogP contribution is 2.29. The average molecular weight is 413 g/mol. The molecule has 3 aromatic rings. The molecule has 0 aromatic heterocycles. The van der Waals surface area contributed by atoms with E-state index in [0.29, 0.717) is 22.3 Å². The number of hydrogen-bond acceptors (Lipinski definition) is 5. The predicted octanol–water partition coefficient (Wildman–Crippen LogP) is 3.58. The molecule has 2 N–H and O–H groups in total. The molecule has 0 fully saturated rings. The Morgan fingerprint density at radius 2 is 1.48 bits per heavy atom. The van der Waals surface area contributed by atoms with Crippen LogP contribution in [0.2, 0.25) is 0 Å². The molecule has 0 radical (unpaired) electrons. The normalized spacial score (nSPS) is 11.0. The first-order valence-electron chi connectivity index (χ1n) is 9.42. The maximum absolute atomic E-state index is 13.1. The first-order valence-corrected chi connectivity index (χ1v) is 9.42. The molecule has 3 aromatic carbocycles. The fourth-order valence-corrected chi connectivity index (χ4v) is 3.02. The maximum Gasteiger partial charge on any atom is 0.339 e. The maximum atomic E-state index is 13.1. The first kappa shape index (κ1) is 21.3. The van der Waals surface area contributed by atoms with Gasteiger partial charge in [-0.15, -0.1) is 0 Å². The number of carbonyl (C=O) groups excluding carboxylic acids is 3. The van der Waals surface area contributed by atoms with Crippen molar-refractivity contribution in [1.82, 2.24) is 10.6 Å². The van der Waals surface area contributed by atoms with E-state index in [1.807, 2.05) is 0 Å². The fraction of sp³-hybridized carbons (Fsp3) is 0.0833. The largest absolute Gasteiger partial charge is 0.444 e. The summed E-state index contributed by atoms with van der Waals surface area (Å²) in [5.41, 5.74) is 2.08. The molecular formula is C24H19N3O4. The Bertz CT molecular complexity index is 1150. The molecule has 154 valence electrons. The molecule has 7 heteroatoms. The van der Waals surface area contributed by atoms with Crippen molar-refractivity contribution in [3.05, 3.63) is 95.6 Å². The van der Waals surface area contributed by atoms with E-state index in [1.165, 1.54) is 7.05 Å². The van der Waals surface area contributed by atoms with E-state index in [1.54, 1.807) is 78.9 Å². The van der Waals surface area contributed by atoms with E-state index in [-0.39, 0.29) is 5.56 Å². The number of nitrogens with one attached hydrogen (secondary N) is 2. The number of amides is 3. The number of esters is 1. The molecule has 3 rings (SSSR count). The Morgan fingerprint density at radius 3 is 2.16 bits per heavy atom. The summed E-state index contributed by atoms with van der Waals surface area (Å²) in [6.07, 6.45) is -1.34. The Morgan fingerprint density at radius 1 is 0.871 bits per heavy atom. The van der Waals surface area contributed by atoms with E-state index in [2.05, 4.69) is 16.7 Å². The van der Waals surface area contributed by atoms with Crippen molar-refractivity contribution in [2.45, 2.75) is 6.10 Å². The third kappa shape index (κ3) is 4.95. The van der Waals surface area contributed by atoms with Gasteiger partial charge in [-0.1, -0.05) is 66.7 Å². The van der Waals surface area contributed by atoms with Gasteiger partial charge >= 0.3 is 12.0 Å². The number of carbonyl (C=O) groups is 3. The van der Waals surface area contributed by atoms with Crippen molar-refractivity contribution in [2.75, 3.05) is 7.05 Å². The van der Waals surface area contributed by atoms with Crippen LogP contribution >= 0.6 is 0 Å². The van der Waals surface area contributed by atoms with Gasteiger partial charge in [0.25, 0.3) is 5.91 Å². The van der Waals surface area contributed by atoms with Crippen LogP contribution in [0.1, 0.15) is 27.6 Å². The molecule has 0 aliphatic heterocycles. The lowest BCUT2D eigenvalue weighted by atomic mass is 9.96. The smallest absolute Gasteiger partial charge is 0.339 e. The summed E-state index contributed by atoms with van der Waals surface area (Å²) in [5.74, 6) is -1.54. The molecule has 1 atom stereocenters. The molecule has 0 unspecified atom stereocenters. The fourth-order valence-electron chi connectivity index (χ4n) is 3.02. The van der Waals surface area contributed by atoms with Crippen LogP contribution in [0.3, 0.4) is 0 Å². The number of ether oxygens (including phenoxy) is 1. The van der Waals surface area contributed by atoms with Gasteiger partial charge in [0, 0.05) is 18.2 Å². The molecule has 31 heavy (non-hydrogen) atoms. The van der Waals surface area contributed by atoms with Crippen LogP contribution in [-0.2, 0) is 9.53 Å². The summed E-state index contributed by atoms with van der Waals surface area (Å²) < 4.78 is 5.55. The van der Waals surface area contributed by atoms with Crippen molar-refractivity contribution < 1.29 is 19.1 Å². The number of rotatable bonds is 5. The Labute approximate surface area is 179 Å². The molecule has 0 saturated heterocycles. The van der Waals surface area contributed by atoms with E-state index in [9.17, 15) is 19.6 Å². The van der Waals surface area contributed by atoms with Crippen LogP contribution in [0.25, 0.3) is 11.1 Å². The van der Waals surface area contributed by atoms with E-state index < -0.39 is 24.0 Å². The molecule has 7 nitrogen and oxygen atoms in total. The van der Waals surface area contributed by atoms with Crippen molar-refractivity contribution in [3.8, 4) is 17.2 Å². The van der Waals surface area contributed by atoms with Gasteiger partial charge in [-0.05, 0) is 17.7 Å². The molecule has 0 aliphatic carbocycles.